The predicted molar refractivity (Wildman–Crippen MR) is 121 cm³/mol. The molecule has 0 aliphatic carbocycles. The van der Waals surface area contributed by atoms with Crippen LogP contribution < -0.4 is 10.0 Å². The van der Waals surface area contributed by atoms with Gasteiger partial charge in [0.15, 0.2) is 0 Å². The minimum atomic E-state index is -3.77. The first-order valence-electron chi connectivity index (χ1n) is 8.31. The molecule has 0 unspecified atom stereocenters. The molecule has 0 spiro atoms. The average Bonchev–Trinajstić information content (AvgIpc) is 2.65. The minimum absolute atomic E-state index is 0.106. The lowest BCUT2D eigenvalue weighted by molar-refractivity contribution is 0.102. The number of carbonyl (C=O) groups excluding carboxylic acids is 1. The van der Waals surface area contributed by atoms with Gasteiger partial charge in [0.1, 0.15) is 0 Å². The maximum absolute atomic E-state index is 12.5. The number of nitrogens with one attached hydrogen (secondary N) is 2. The predicted octanol–water partition coefficient (Wildman–Crippen LogP) is 6.12. The van der Waals surface area contributed by atoms with Gasteiger partial charge in [-0.15, -0.1) is 0 Å². The van der Waals surface area contributed by atoms with Gasteiger partial charge in [0, 0.05) is 10.2 Å². The summed E-state index contributed by atoms with van der Waals surface area (Å²) in [5.74, 6) is -0.443. The lowest BCUT2D eigenvalue weighted by atomic mass is 10.2. The lowest BCUT2D eigenvalue weighted by Crippen LogP contribution is -2.15. The van der Waals surface area contributed by atoms with Crippen LogP contribution in [0.5, 0.6) is 0 Å². The first-order chi connectivity index (χ1) is 13.7. The molecule has 3 aromatic carbocycles. The highest BCUT2D eigenvalue weighted by Gasteiger charge is 2.16. The Labute approximate surface area is 187 Å². The molecule has 0 aliphatic rings. The van der Waals surface area contributed by atoms with Gasteiger partial charge in [-0.2, -0.15) is 0 Å². The van der Waals surface area contributed by atoms with E-state index in [4.69, 9.17) is 23.2 Å². The molecule has 0 heterocycles. The summed E-state index contributed by atoms with van der Waals surface area (Å²) in [6, 6.07) is 15.8. The molecule has 0 radical (unpaired) electrons. The maximum atomic E-state index is 12.5. The van der Waals surface area contributed by atoms with Crippen LogP contribution in [0.2, 0.25) is 10.0 Å². The van der Waals surface area contributed by atoms with Crippen LogP contribution in [0.4, 0.5) is 11.4 Å². The number of halogens is 3. The van der Waals surface area contributed by atoms with Gasteiger partial charge < -0.3 is 5.32 Å². The van der Waals surface area contributed by atoms with Gasteiger partial charge >= 0.3 is 0 Å². The van der Waals surface area contributed by atoms with Crippen LogP contribution in [-0.2, 0) is 10.0 Å². The Morgan fingerprint density at radius 1 is 0.897 bits per heavy atom. The van der Waals surface area contributed by atoms with Crippen LogP contribution in [0.3, 0.4) is 0 Å². The van der Waals surface area contributed by atoms with E-state index in [1.54, 1.807) is 30.3 Å². The summed E-state index contributed by atoms with van der Waals surface area (Å²) >= 11 is 15.5. The summed E-state index contributed by atoms with van der Waals surface area (Å²) in [5.41, 5.74) is 1.90. The highest BCUT2D eigenvalue weighted by Crippen LogP contribution is 2.27. The summed E-state index contributed by atoms with van der Waals surface area (Å²) < 4.78 is 28.2. The summed E-state index contributed by atoms with van der Waals surface area (Å²) in [6.07, 6.45) is 0. The standard InChI is InChI=1S/C20H15BrCl2N2O3S/c1-12-2-6-15(7-3-12)29(27,28)25-14-4-8-16(18(22)11-14)20(26)24-13-5-9-17(21)19(23)10-13/h2-11,25H,1H3,(H,24,26). The van der Waals surface area contributed by atoms with E-state index in [9.17, 15) is 13.2 Å². The lowest BCUT2D eigenvalue weighted by Gasteiger charge is -2.11. The Bertz CT molecular complexity index is 1180. The summed E-state index contributed by atoms with van der Waals surface area (Å²) in [6.45, 7) is 1.87. The molecule has 0 bridgehead atoms. The summed E-state index contributed by atoms with van der Waals surface area (Å²) in [5, 5.41) is 3.26. The fourth-order valence-corrected chi connectivity index (χ4v) is 4.21. The van der Waals surface area contributed by atoms with Crippen molar-refractivity contribution in [2.75, 3.05) is 10.0 Å². The van der Waals surface area contributed by atoms with E-state index in [0.29, 0.717) is 15.2 Å². The van der Waals surface area contributed by atoms with Crippen molar-refractivity contribution in [3.63, 3.8) is 0 Å². The Morgan fingerprint density at radius 3 is 2.14 bits per heavy atom. The largest absolute Gasteiger partial charge is 0.322 e. The van der Waals surface area contributed by atoms with Crippen molar-refractivity contribution in [1.29, 1.82) is 0 Å². The van der Waals surface area contributed by atoms with Crippen molar-refractivity contribution >= 4 is 66.4 Å². The zero-order chi connectivity index (χ0) is 21.2. The number of aryl methyl sites for hydroxylation is 1. The van der Waals surface area contributed by atoms with Gasteiger partial charge in [0.05, 0.1) is 26.2 Å². The van der Waals surface area contributed by atoms with Crippen molar-refractivity contribution < 1.29 is 13.2 Å². The third-order valence-electron chi connectivity index (χ3n) is 3.97. The molecule has 29 heavy (non-hydrogen) atoms. The number of amides is 1. The summed E-state index contributed by atoms with van der Waals surface area (Å²) in [7, 11) is -3.77. The molecule has 3 aromatic rings. The van der Waals surface area contributed by atoms with Crippen LogP contribution in [0.25, 0.3) is 0 Å². The second kappa shape index (κ2) is 8.75. The molecular weight excluding hydrogens is 499 g/mol. The van der Waals surface area contributed by atoms with Crippen LogP contribution in [0.15, 0.2) is 70.0 Å². The molecule has 5 nitrogen and oxygen atoms in total. The van der Waals surface area contributed by atoms with E-state index < -0.39 is 15.9 Å². The van der Waals surface area contributed by atoms with Crippen LogP contribution in [-0.4, -0.2) is 14.3 Å². The normalized spacial score (nSPS) is 11.2. The number of carbonyl (C=O) groups is 1. The van der Waals surface area contributed by atoms with E-state index in [1.807, 2.05) is 6.92 Å². The Hall–Kier alpha value is -2.06. The highest BCUT2D eigenvalue weighted by atomic mass is 79.9. The first kappa shape index (κ1) is 21.6. The number of hydrogen-bond donors (Lipinski definition) is 2. The Kier molecular flexibility index (Phi) is 6.53. The number of hydrogen-bond acceptors (Lipinski definition) is 3. The van der Waals surface area contributed by atoms with E-state index >= 15 is 0 Å². The van der Waals surface area contributed by atoms with Crippen LogP contribution >= 0.6 is 39.1 Å². The van der Waals surface area contributed by atoms with E-state index in [-0.39, 0.29) is 21.2 Å². The molecule has 0 aliphatic heterocycles. The molecule has 0 fully saturated rings. The van der Waals surface area contributed by atoms with Gasteiger partial charge in [-0.05, 0) is 71.4 Å². The van der Waals surface area contributed by atoms with Gasteiger partial charge in [0.25, 0.3) is 15.9 Å². The topological polar surface area (TPSA) is 75.3 Å². The zero-order valence-electron chi connectivity index (χ0n) is 15.0. The molecule has 2 N–H and O–H groups in total. The smallest absolute Gasteiger partial charge is 0.261 e. The molecule has 150 valence electrons. The van der Waals surface area contributed by atoms with E-state index in [2.05, 4.69) is 26.0 Å². The number of benzene rings is 3. The van der Waals surface area contributed by atoms with Crippen molar-refractivity contribution in [2.24, 2.45) is 0 Å². The maximum Gasteiger partial charge on any atom is 0.261 e. The summed E-state index contributed by atoms with van der Waals surface area (Å²) in [4.78, 5) is 12.6. The quantitative estimate of drug-likeness (QED) is 0.431. The third kappa shape index (κ3) is 5.30. The van der Waals surface area contributed by atoms with Gasteiger partial charge in [0.2, 0.25) is 0 Å². The fourth-order valence-electron chi connectivity index (χ4n) is 2.47. The molecule has 1 amide bonds. The highest BCUT2D eigenvalue weighted by molar-refractivity contribution is 9.10. The second-order valence-electron chi connectivity index (χ2n) is 6.20. The third-order valence-corrected chi connectivity index (χ3v) is 6.92. The van der Waals surface area contributed by atoms with Gasteiger partial charge in [-0.25, -0.2) is 8.42 Å². The minimum Gasteiger partial charge on any atom is -0.322 e. The molecule has 0 saturated carbocycles. The van der Waals surface area contributed by atoms with Crippen molar-refractivity contribution in [2.45, 2.75) is 11.8 Å². The zero-order valence-corrected chi connectivity index (χ0v) is 19.0. The Balaban J connectivity index is 1.78. The number of anilines is 2. The molecular formula is C20H15BrCl2N2O3S. The molecule has 0 atom stereocenters. The molecule has 0 aromatic heterocycles. The average molecular weight is 514 g/mol. The second-order valence-corrected chi connectivity index (χ2v) is 9.55. The van der Waals surface area contributed by atoms with Crippen LogP contribution in [0.1, 0.15) is 15.9 Å². The Morgan fingerprint density at radius 2 is 1.52 bits per heavy atom. The van der Waals surface area contributed by atoms with Gasteiger partial charge in [-0.3, -0.25) is 9.52 Å². The van der Waals surface area contributed by atoms with Crippen molar-refractivity contribution in [3.8, 4) is 0 Å². The van der Waals surface area contributed by atoms with Crippen molar-refractivity contribution in [1.82, 2.24) is 0 Å². The fraction of sp³-hybridized carbons (Fsp3) is 0.0500. The van der Waals surface area contributed by atoms with E-state index in [0.717, 1.165) is 5.56 Å². The van der Waals surface area contributed by atoms with E-state index in [1.165, 1.54) is 30.3 Å². The molecule has 0 saturated heterocycles. The number of sulfonamides is 1. The van der Waals surface area contributed by atoms with Gasteiger partial charge in [-0.1, -0.05) is 40.9 Å². The van der Waals surface area contributed by atoms with Crippen LogP contribution in [0, 0.1) is 6.92 Å². The first-order valence-corrected chi connectivity index (χ1v) is 11.3. The molecule has 9 heteroatoms. The molecule has 3 rings (SSSR count). The van der Waals surface area contributed by atoms with Crippen molar-refractivity contribution in [3.05, 3.63) is 86.3 Å². The number of rotatable bonds is 5. The monoisotopic (exact) mass is 512 g/mol. The SMILES string of the molecule is Cc1ccc(S(=O)(=O)Nc2ccc(C(=O)Nc3ccc(Br)c(Cl)c3)c(Cl)c2)cc1.